The van der Waals surface area contributed by atoms with Gasteiger partial charge in [-0.1, -0.05) is 18.2 Å². The van der Waals surface area contributed by atoms with Crippen molar-refractivity contribution < 1.29 is 4.74 Å². The molecule has 3 heterocycles. The van der Waals surface area contributed by atoms with Gasteiger partial charge in [0.1, 0.15) is 6.61 Å². The molecule has 1 aliphatic rings. The first-order valence-corrected chi connectivity index (χ1v) is 7.10. The van der Waals surface area contributed by atoms with E-state index in [4.69, 9.17) is 16.2 Å². The van der Waals surface area contributed by atoms with E-state index in [9.17, 15) is 0 Å². The van der Waals surface area contributed by atoms with Gasteiger partial charge in [0.2, 0.25) is 11.8 Å². The summed E-state index contributed by atoms with van der Waals surface area (Å²) in [4.78, 5) is 8.86. The average molecular weight is 306 g/mol. The number of allylic oxidation sites excluding steroid dienone is 2. The van der Waals surface area contributed by atoms with Crippen LogP contribution in [0.15, 0.2) is 48.6 Å². The van der Waals surface area contributed by atoms with E-state index in [1.165, 1.54) is 4.52 Å². The zero-order valence-corrected chi connectivity index (χ0v) is 12.2. The molecule has 0 bridgehead atoms. The lowest BCUT2D eigenvalue weighted by molar-refractivity contribution is 0.313. The topological polar surface area (TPSA) is 104 Å². The standard InChI is InChI=1S/C16H14N6O/c17-11-5-3-4-10(8-11)12-9-14-20-15(13-6-1-2-7-23-13)21-22(14)16(18)19-12/h1-6,8-9H,7,17H2,(H2,18,19). The molecule has 0 saturated heterocycles. The molecule has 114 valence electrons. The first-order valence-electron chi connectivity index (χ1n) is 7.10. The van der Waals surface area contributed by atoms with Crippen LogP contribution in [-0.2, 0) is 4.74 Å². The number of hydrogen-bond acceptors (Lipinski definition) is 6. The minimum Gasteiger partial charge on any atom is -0.485 e. The molecule has 0 saturated carbocycles. The van der Waals surface area contributed by atoms with Crippen molar-refractivity contribution in [2.75, 3.05) is 18.1 Å². The number of ether oxygens (including phenoxy) is 1. The van der Waals surface area contributed by atoms with Crippen LogP contribution in [0.5, 0.6) is 0 Å². The summed E-state index contributed by atoms with van der Waals surface area (Å²) >= 11 is 0. The highest BCUT2D eigenvalue weighted by atomic mass is 16.5. The first kappa shape index (κ1) is 13.3. The van der Waals surface area contributed by atoms with Crippen molar-refractivity contribution in [2.24, 2.45) is 0 Å². The van der Waals surface area contributed by atoms with Gasteiger partial charge in [-0.15, -0.1) is 5.10 Å². The Morgan fingerprint density at radius 1 is 1.13 bits per heavy atom. The molecule has 2 aromatic heterocycles. The predicted molar refractivity (Wildman–Crippen MR) is 88.1 cm³/mol. The maximum Gasteiger partial charge on any atom is 0.223 e. The number of hydrogen-bond donors (Lipinski definition) is 2. The molecule has 0 spiro atoms. The fourth-order valence-electron chi connectivity index (χ4n) is 2.40. The van der Waals surface area contributed by atoms with E-state index in [2.05, 4.69) is 15.1 Å². The summed E-state index contributed by atoms with van der Waals surface area (Å²) in [5, 5.41) is 4.35. The van der Waals surface area contributed by atoms with Gasteiger partial charge in [-0.05, 0) is 24.3 Å². The number of nitrogens with zero attached hydrogens (tertiary/aromatic N) is 4. The number of rotatable bonds is 2. The zero-order chi connectivity index (χ0) is 15.8. The number of benzene rings is 1. The van der Waals surface area contributed by atoms with Crippen LogP contribution in [0, 0.1) is 0 Å². The lowest BCUT2D eigenvalue weighted by Gasteiger charge is -2.06. The summed E-state index contributed by atoms with van der Waals surface area (Å²) in [6.45, 7) is 0.504. The molecular weight excluding hydrogens is 292 g/mol. The van der Waals surface area contributed by atoms with Crippen LogP contribution in [0.25, 0.3) is 22.7 Å². The van der Waals surface area contributed by atoms with Crippen LogP contribution >= 0.6 is 0 Å². The molecule has 7 heteroatoms. The summed E-state index contributed by atoms with van der Waals surface area (Å²) in [5.41, 5.74) is 14.7. The zero-order valence-electron chi connectivity index (χ0n) is 12.2. The SMILES string of the molecule is Nc1cccc(-c2cc3nc(C4=CC=CCO4)nn3c(N)n2)c1. The van der Waals surface area contributed by atoms with E-state index in [0.717, 1.165) is 5.56 Å². The van der Waals surface area contributed by atoms with E-state index >= 15 is 0 Å². The maximum absolute atomic E-state index is 6.02. The molecule has 0 amide bonds. The van der Waals surface area contributed by atoms with Crippen molar-refractivity contribution in [3.05, 3.63) is 54.4 Å². The van der Waals surface area contributed by atoms with Crippen molar-refractivity contribution in [3.8, 4) is 11.3 Å². The fraction of sp³-hybridized carbons (Fsp3) is 0.0625. The molecule has 0 aliphatic carbocycles. The summed E-state index contributed by atoms with van der Waals surface area (Å²) < 4.78 is 7.02. The smallest absolute Gasteiger partial charge is 0.223 e. The normalized spacial score (nSPS) is 13.8. The Kier molecular flexibility index (Phi) is 2.97. The van der Waals surface area contributed by atoms with Gasteiger partial charge >= 0.3 is 0 Å². The summed E-state index contributed by atoms with van der Waals surface area (Å²) in [6.07, 6.45) is 5.64. The van der Waals surface area contributed by atoms with E-state index < -0.39 is 0 Å². The predicted octanol–water partition coefficient (Wildman–Crippen LogP) is 1.88. The molecule has 4 rings (SSSR count). The Morgan fingerprint density at radius 2 is 2.04 bits per heavy atom. The van der Waals surface area contributed by atoms with Gasteiger partial charge in [-0.25, -0.2) is 9.97 Å². The highest BCUT2D eigenvalue weighted by Gasteiger charge is 2.15. The van der Waals surface area contributed by atoms with E-state index in [-0.39, 0.29) is 5.95 Å². The molecule has 3 aromatic rings. The molecule has 0 atom stereocenters. The molecular formula is C16H14N6O. The van der Waals surface area contributed by atoms with Crippen molar-refractivity contribution in [1.29, 1.82) is 0 Å². The molecule has 1 aromatic carbocycles. The second-order valence-electron chi connectivity index (χ2n) is 5.10. The van der Waals surface area contributed by atoms with Crippen LogP contribution in [0.4, 0.5) is 11.6 Å². The van der Waals surface area contributed by atoms with E-state index in [1.807, 2.05) is 48.6 Å². The third kappa shape index (κ3) is 2.38. The van der Waals surface area contributed by atoms with Crippen molar-refractivity contribution >= 4 is 23.0 Å². The van der Waals surface area contributed by atoms with Gasteiger partial charge in [0, 0.05) is 17.3 Å². The summed E-state index contributed by atoms with van der Waals surface area (Å²) in [5.74, 6) is 1.35. The number of fused-ring (bicyclic) bond motifs is 1. The van der Waals surface area contributed by atoms with Gasteiger partial charge in [0.05, 0.1) is 5.69 Å². The lowest BCUT2D eigenvalue weighted by atomic mass is 10.1. The Hall–Kier alpha value is -3.35. The Balaban J connectivity index is 1.84. The molecule has 7 nitrogen and oxygen atoms in total. The lowest BCUT2D eigenvalue weighted by Crippen LogP contribution is -2.03. The third-order valence-electron chi connectivity index (χ3n) is 3.47. The first-order chi connectivity index (χ1) is 11.2. The van der Waals surface area contributed by atoms with Gasteiger partial charge in [-0.2, -0.15) is 4.52 Å². The minimum absolute atomic E-state index is 0.255. The Labute approximate surface area is 131 Å². The molecule has 23 heavy (non-hydrogen) atoms. The molecule has 0 fully saturated rings. The maximum atomic E-state index is 6.02. The largest absolute Gasteiger partial charge is 0.485 e. The number of nitrogens with two attached hydrogens (primary N) is 2. The van der Waals surface area contributed by atoms with Crippen molar-refractivity contribution in [1.82, 2.24) is 19.6 Å². The molecule has 0 unspecified atom stereocenters. The number of nitrogen functional groups attached to an aromatic ring is 2. The van der Waals surface area contributed by atoms with Crippen LogP contribution in [0.2, 0.25) is 0 Å². The monoisotopic (exact) mass is 306 g/mol. The second-order valence-corrected chi connectivity index (χ2v) is 5.10. The van der Waals surface area contributed by atoms with E-state index in [1.54, 1.807) is 0 Å². The summed E-state index contributed by atoms with van der Waals surface area (Å²) in [7, 11) is 0. The quantitative estimate of drug-likeness (QED) is 0.700. The summed E-state index contributed by atoms with van der Waals surface area (Å²) in [6, 6.07) is 9.27. The fourth-order valence-corrected chi connectivity index (χ4v) is 2.40. The Morgan fingerprint density at radius 3 is 2.83 bits per heavy atom. The minimum atomic E-state index is 0.255. The number of anilines is 2. The van der Waals surface area contributed by atoms with Gasteiger partial charge in [0.25, 0.3) is 0 Å². The molecule has 0 radical (unpaired) electrons. The van der Waals surface area contributed by atoms with Crippen LogP contribution < -0.4 is 11.5 Å². The highest BCUT2D eigenvalue weighted by Crippen LogP contribution is 2.23. The average Bonchev–Trinajstić information content (AvgIpc) is 3.00. The van der Waals surface area contributed by atoms with Crippen molar-refractivity contribution in [2.45, 2.75) is 0 Å². The second kappa shape index (κ2) is 5.13. The van der Waals surface area contributed by atoms with Crippen LogP contribution in [0.1, 0.15) is 5.82 Å². The van der Waals surface area contributed by atoms with Crippen molar-refractivity contribution in [3.63, 3.8) is 0 Å². The van der Waals surface area contributed by atoms with Crippen LogP contribution in [0.3, 0.4) is 0 Å². The van der Waals surface area contributed by atoms with Gasteiger partial charge in [0.15, 0.2) is 11.4 Å². The molecule has 1 aliphatic heterocycles. The van der Waals surface area contributed by atoms with Gasteiger partial charge in [-0.3, -0.25) is 0 Å². The Bertz CT molecular complexity index is 956. The molecule has 4 N–H and O–H groups in total. The third-order valence-corrected chi connectivity index (χ3v) is 3.47. The van der Waals surface area contributed by atoms with Gasteiger partial charge < -0.3 is 16.2 Å². The van der Waals surface area contributed by atoms with E-state index in [0.29, 0.717) is 35.2 Å². The highest BCUT2D eigenvalue weighted by molar-refractivity contribution is 5.69. The number of aromatic nitrogens is 4. The van der Waals surface area contributed by atoms with Crippen LogP contribution in [-0.4, -0.2) is 26.2 Å².